The van der Waals surface area contributed by atoms with E-state index in [9.17, 15) is 14.7 Å². The number of benzene rings is 2. The zero-order valence-corrected chi connectivity index (χ0v) is 15.0. The molecule has 0 bridgehead atoms. The van der Waals surface area contributed by atoms with Crippen LogP contribution in [0.15, 0.2) is 60.7 Å². The average Bonchev–Trinajstić information content (AvgIpc) is 3.01. The Morgan fingerprint density at radius 2 is 1.76 bits per heavy atom. The molecule has 0 aromatic heterocycles. The van der Waals surface area contributed by atoms with Gasteiger partial charge in [0.25, 0.3) is 0 Å². The van der Waals surface area contributed by atoms with Crippen LogP contribution < -0.4 is 0 Å². The number of amides is 2. The number of aliphatic hydroxyl groups is 1. The first-order chi connectivity index (χ1) is 12.1. The third-order valence-corrected chi connectivity index (χ3v) is 5.06. The molecular weight excluding hydrogens is 386 g/mol. The molecule has 2 aromatic carbocycles. The molecule has 0 radical (unpaired) electrons. The van der Waals surface area contributed by atoms with Gasteiger partial charge in [-0.3, -0.25) is 4.79 Å². The van der Waals surface area contributed by atoms with Crippen molar-refractivity contribution in [2.45, 2.75) is 23.4 Å². The number of aliphatic hydroxyl groups excluding tert-OH is 1. The van der Waals surface area contributed by atoms with Gasteiger partial charge in [0, 0.05) is 0 Å². The molecule has 25 heavy (non-hydrogen) atoms. The number of carbonyl (C=O) groups excluding carboxylic acids is 2. The highest BCUT2D eigenvalue weighted by atomic mass is 79.9. The maximum absolute atomic E-state index is 12.8. The van der Waals surface area contributed by atoms with Gasteiger partial charge in [-0.05, 0) is 17.5 Å². The van der Waals surface area contributed by atoms with Gasteiger partial charge in [-0.1, -0.05) is 76.6 Å². The minimum Gasteiger partial charge on any atom is -0.447 e. The van der Waals surface area contributed by atoms with Crippen molar-refractivity contribution in [1.82, 2.24) is 4.90 Å². The number of hydrogen-bond acceptors (Lipinski definition) is 4. The zero-order valence-electron chi connectivity index (χ0n) is 13.4. The normalized spacial score (nSPS) is 19.4. The van der Waals surface area contributed by atoms with Gasteiger partial charge in [-0.2, -0.15) is 0 Å². The smallest absolute Gasteiger partial charge is 0.417 e. The second-order valence-corrected chi connectivity index (χ2v) is 6.87. The molecule has 3 rings (SSSR count). The SMILES string of the molecule is O=C1OC[C@@H](Cc2ccccc2)N1C(=O)[C@H](Br)[C@@H](O)c1ccccc1. The molecule has 2 aromatic rings. The number of halogens is 1. The van der Waals surface area contributed by atoms with Gasteiger partial charge in [0.1, 0.15) is 17.5 Å². The quantitative estimate of drug-likeness (QED) is 0.778. The predicted molar refractivity (Wildman–Crippen MR) is 96.2 cm³/mol. The van der Waals surface area contributed by atoms with Crippen LogP contribution in [-0.2, 0) is 16.0 Å². The van der Waals surface area contributed by atoms with Gasteiger partial charge in [0.05, 0.1) is 6.04 Å². The summed E-state index contributed by atoms with van der Waals surface area (Å²) in [6.45, 7) is 0.153. The lowest BCUT2D eigenvalue weighted by Gasteiger charge is -2.24. The summed E-state index contributed by atoms with van der Waals surface area (Å²) in [6, 6.07) is 18.1. The van der Waals surface area contributed by atoms with Crippen LogP contribution in [0.2, 0.25) is 0 Å². The van der Waals surface area contributed by atoms with Crippen LogP contribution in [0.4, 0.5) is 4.79 Å². The fraction of sp³-hybridized carbons (Fsp3) is 0.263. The summed E-state index contributed by atoms with van der Waals surface area (Å²) in [5.41, 5.74) is 1.61. The van der Waals surface area contributed by atoms with E-state index in [1.165, 1.54) is 0 Å². The van der Waals surface area contributed by atoms with E-state index in [1.807, 2.05) is 36.4 Å². The van der Waals surface area contributed by atoms with Crippen LogP contribution in [-0.4, -0.2) is 39.5 Å². The van der Waals surface area contributed by atoms with E-state index in [4.69, 9.17) is 4.74 Å². The summed E-state index contributed by atoms with van der Waals surface area (Å²) in [5.74, 6) is -0.500. The number of alkyl halides is 1. The summed E-state index contributed by atoms with van der Waals surface area (Å²) >= 11 is 3.25. The Balaban J connectivity index is 1.75. The number of rotatable bonds is 5. The highest BCUT2D eigenvalue weighted by Gasteiger charge is 2.42. The van der Waals surface area contributed by atoms with E-state index in [0.717, 1.165) is 10.5 Å². The molecule has 6 heteroatoms. The minimum atomic E-state index is -1.06. The van der Waals surface area contributed by atoms with E-state index in [0.29, 0.717) is 12.0 Å². The minimum absolute atomic E-state index is 0.153. The van der Waals surface area contributed by atoms with Gasteiger partial charge in [0.15, 0.2) is 0 Å². The Labute approximate surface area is 154 Å². The topological polar surface area (TPSA) is 66.8 Å². The van der Waals surface area contributed by atoms with Crippen LogP contribution >= 0.6 is 15.9 Å². The molecule has 1 N–H and O–H groups in total. The van der Waals surface area contributed by atoms with Gasteiger partial charge in [0.2, 0.25) is 5.91 Å². The van der Waals surface area contributed by atoms with Crippen LogP contribution in [0.25, 0.3) is 0 Å². The summed E-state index contributed by atoms with van der Waals surface area (Å²) in [4.78, 5) is 25.0. The summed E-state index contributed by atoms with van der Waals surface area (Å²) < 4.78 is 5.07. The number of nitrogens with zero attached hydrogens (tertiary/aromatic N) is 1. The van der Waals surface area contributed by atoms with Gasteiger partial charge >= 0.3 is 6.09 Å². The first-order valence-corrected chi connectivity index (χ1v) is 8.90. The molecule has 1 heterocycles. The van der Waals surface area contributed by atoms with Crippen molar-refractivity contribution < 1.29 is 19.4 Å². The molecule has 0 spiro atoms. The van der Waals surface area contributed by atoms with E-state index in [1.54, 1.807) is 24.3 Å². The maximum Gasteiger partial charge on any atom is 0.417 e. The Bertz CT molecular complexity index is 738. The molecule has 0 unspecified atom stereocenters. The van der Waals surface area contributed by atoms with Gasteiger partial charge in [-0.25, -0.2) is 9.69 Å². The first-order valence-electron chi connectivity index (χ1n) is 7.98. The summed E-state index contributed by atoms with van der Waals surface area (Å²) in [5, 5.41) is 10.4. The third-order valence-electron chi connectivity index (χ3n) is 4.17. The summed E-state index contributed by atoms with van der Waals surface area (Å²) in [6.07, 6.45) is -1.21. The number of cyclic esters (lactones) is 1. The number of hydrogen-bond donors (Lipinski definition) is 1. The standard InChI is InChI=1S/C19H18BrNO4/c20-16(17(22)14-9-5-2-6-10-14)18(23)21-15(12-25-19(21)24)11-13-7-3-1-4-8-13/h1-10,15-17,22H,11-12H2/t15-,16-,17+/m1/s1. The fourth-order valence-corrected chi connectivity index (χ4v) is 3.38. The highest BCUT2D eigenvalue weighted by molar-refractivity contribution is 9.10. The molecule has 0 saturated carbocycles. The molecule has 1 aliphatic heterocycles. The molecule has 0 aliphatic carbocycles. The monoisotopic (exact) mass is 403 g/mol. The third kappa shape index (κ3) is 3.91. The van der Waals surface area contributed by atoms with Crippen LogP contribution in [0, 0.1) is 0 Å². The number of imide groups is 1. The lowest BCUT2D eigenvalue weighted by atomic mass is 10.0. The Morgan fingerprint density at radius 3 is 2.40 bits per heavy atom. The molecule has 1 fully saturated rings. The predicted octanol–water partition coefficient (Wildman–Crippen LogP) is 3.07. The lowest BCUT2D eigenvalue weighted by molar-refractivity contribution is -0.130. The van der Waals surface area contributed by atoms with Crippen LogP contribution in [0.5, 0.6) is 0 Å². The average molecular weight is 404 g/mol. The first kappa shape index (κ1) is 17.6. The Morgan fingerprint density at radius 1 is 1.16 bits per heavy atom. The van der Waals surface area contributed by atoms with Crippen molar-refractivity contribution in [1.29, 1.82) is 0 Å². The molecule has 1 saturated heterocycles. The summed E-state index contributed by atoms with van der Waals surface area (Å²) in [7, 11) is 0. The van der Waals surface area contributed by atoms with Crippen LogP contribution in [0.1, 0.15) is 17.2 Å². The van der Waals surface area contributed by atoms with Crippen molar-refractivity contribution in [3.63, 3.8) is 0 Å². The van der Waals surface area contributed by atoms with Crippen molar-refractivity contribution in [3.05, 3.63) is 71.8 Å². The number of ether oxygens (including phenoxy) is 1. The van der Waals surface area contributed by atoms with E-state index >= 15 is 0 Å². The molecular formula is C19H18BrNO4. The Hall–Kier alpha value is -2.18. The molecule has 5 nitrogen and oxygen atoms in total. The largest absolute Gasteiger partial charge is 0.447 e. The van der Waals surface area contributed by atoms with Crippen molar-refractivity contribution in [3.8, 4) is 0 Å². The van der Waals surface area contributed by atoms with Gasteiger partial charge in [-0.15, -0.1) is 0 Å². The Kier molecular flexibility index (Phi) is 5.50. The molecule has 2 amide bonds. The second kappa shape index (κ2) is 7.80. The van der Waals surface area contributed by atoms with Gasteiger partial charge < -0.3 is 9.84 Å². The van der Waals surface area contributed by atoms with E-state index in [-0.39, 0.29) is 12.6 Å². The lowest BCUT2D eigenvalue weighted by Crippen LogP contribution is -2.45. The number of carbonyl (C=O) groups is 2. The second-order valence-electron chi connectivity index (χ2n) is 5.89. The van der Waals surface area contributed by atoms with Crippen LogP contribution in [0.3, 0.4) is 0 Å². The van der Waals surface area contributed by atoms with Crippen molar-refractivity contribution >= 4 is 27.9 Å². The van der Waals surface area contributed by atoms with E-state index in [2.05, 4.69) is 15.9 Å². The fourth-order valence-electron chi connectivity index (χ4n) is 2.85. The zero-order chi connectivity index (χ0) is 17.8. The molecule has 130 valence electrons. The van der Waals surface area contributed by atoms with E-state index < -0.39 is 22.9 Å². The highest BCUT2D eigenvalue weighted by Crippen LogP contribution is 2.27. The molecule has 3 atom stereocenters. The van der Waals surface area contributed by atoms with Crippen molar-refractivity contribution in [2.24, 2.45) is 0 Å². The maximum atomic E-state index is 12.8. The molecule has 1 aliphatic rings. The van der Waals surface area contributed by atoms with Crippen molar-refractivity contribution in [2.75, 3.05) is 6.61 Å².